The molecular weight excluding hydrogens is 322 g/mol. The molecule has 126 valence electrons. The molecule has 8 heteroatoms. The summed E-state index contributed by atoms with van der Waals surface area (Å²) in [5, 5.41) is 13.6. The molecule has 1 amide bonds. The maximum absolute atomic E-state index is 12.6. The van der Waals surface area contributed by atoms with E-state index >= 15 is 0 Å². The monoisotopic (exact) mass is 337 g/mol. The molecule has 1 atom stereocenters. The molecule has 25 heavy (non-hydrogen) atoms. The zero-order valence-corrected chi connectivity index (χ0v) is 13.4. The highest BCUT2D eigenvalue weighted by Crippen LogP contribution is 2.16. The molecule has 0 fully saturated rings. The lowest BCUT2D eigenvalue weighted by Gasteiger charge is -2.17. The highest BCUT2D eigenvalue weighted by molar-refractivity contribution is 5.97. The summed E-state index contributed by atoms with van der Waals surface area (Å²) in [4.78, 5) is 24.7. The third-order valence-corrected chi connectivity index (χ3v) is 3.57. The van der Waals surface area contributed by atoms with Crippen LogP contribution in [0.15, 0.2) is 60.9 Å². The molecule has 3 aromatic rings. The van der Waals surface area contributed by atoms with Crippen molar-refractivity contribution in [2.45, 2.75) is 6.04 Å². The lowest BCUT2D eigenvalue weighted by Crippen LogP contribution is -2.34. The van der Waals surface area contributed by atoms with Gasteiger partial charge in [-0.25, -0.2) is 9.48 Å². The van der Waals surface area contributed by atoms with Gasteiger partial charge in [0.15, 0.2) is 6.04 Å². The number of nitrogens with zero attached hydrogens (tertiary/aromatic N) is 4. The Kier molecular flexibility index (Phi) is 4.79. The van der Waals surface area contributed by atoms with Crippen molar-refractivity contribution < 1.29 is 14.3 Å². The fraction of sp³-hybridized carbons (Fsp3) is 0.118. The number of ether oxygens (including phenoxy) is 1. The molecule has 0 saturated carbocycles. The first kappa shape index (κ1) is 16.3. The topological polar surface area (TPSA) is 99.0 Å². The van der Waals surface area contributed by atoms with Crippen LogP contribution in [0.3, 0.4) is 0 Å². The number of esters is 1. The second-order valence-corrected chi connectivity index (χ2v) is 5.15. The van der Waals surface area contributed by atoms with Gasteiger partial charge in [0, 0.05) is 5.56 Å². The van der Waals surface area contributed by atoms with E-state index < -0.39 is 17.9 Å². The Morgan fingerprint density at radius 3 is 2.60 bits per heavy atom. The van der Waals surface area contributed by atoms with E-state index in [2.05, 4.69) is 20.8 Å². The molecule has 8 nitrogen and oxygen atoms in total. The van der Waals surface area contributed by atoms with E-state index in [-0.39, 0.29) is 0 Å². The lowest BCUT2D eigenvalue weighted by molar-refractivity contribution is -0.143. The highest BCUT2D eigenvalue weighted by atomic mass is 16.5. The Balaban J connectivity index is 1.85. The number of carbonyl (C=O) groups excluding carboxylic acids is 2. The molecule has 0 aliphatic carbocycles. The Hall–Kier alpha value is -3.55. The summed E-state index contributed by atoms with van der Waals surface area (Å²) in [6, 6.07) is 14.8. The van der Waals surface area contributed by atoms with Gasteiger partial charge in [0.2, 0.25) is 0 Å². The van der Waals surface area contributed by atoms with Crippen LogP contribution in [0, 0.1) is 0 Å². The summed E-state index contributed by atoms with van der Waals surface area (Å²) in [6.07, 6.45) is 1.43. The summed E-state index contributed by atoms with van der Waals surface area (Å²) >= 11 is 0. The zero-order valence-electron chi connectivity index (χ0n) is 13.4. The van der Waals surface area contributed by atoms with Gasteiger partial charge < -0.3 is 10.1 Å². The summed E-state index contributed by atoms with van der Waals surface area (Å²) < 4.78 is 6.24. The molecule has 0 aliphatic rings. The molecule has 1 N–H and O–H groups in total. The third-order valence-electron chi connectivity index (χ3n) is 3.57. The second kappa shape index (κ2) is 7.35. The minimum Gasteiger partial charge on any atom is -0.467 e. The van der Waals surface area contributed by atoms with Gasteiger partial charge in [0.25, 0.3) is 5.91 Å². The molecule has 0 aliphatic heterocycles. The van der Waals surface area contributed by atoms with Crippen molar-refractivity contribution in [1.29, 1.82) is 0 Å². The first-order chi connectivity index (χ1) is 12.2. The van der Waals surface area contributed by atoms with Gasteiger partial charge in [0.05, 0.1) is 12.8 Å². The van der Waals surface area contributed by atoms with Gasteiger partial charge in [-0.3, -0.25) is 4.79 Å². The van der Waals surface area contributed by atoms with Crippen LogP contribution in [0.2, 0.25) is 0 Å². The van der Waals surface area contributed by atoms with Crippen molar-refractivity contribution in [1.82, 2.24) is 25.5 Å². The average Bonchev–Trinajstić information content (AvgIpc) is 3.21. The van der Waals surface area contributed by atoms with E-state index in [4.69, 9.17) is 4.74 Å². The van der Waals surface area contributed by atoms with Crippen molar-refractivity contribution in [3.63, 3.8) is 0 Å². The molecule has 2 aromatic carbocycles. The predicted molar refractivity (Wildman–Crippen MR) is 87.8 cm³/mol. The molecule has 0 saturated heterocycles. The van der Waals surface area contributed by atoms with Crippen LogP contribution in [0.25, 0.3) is 5.69 Å². The molecule has 1 aromatic heterocycles. The number of amides is 1. The number of methoxy groups -OCH3 is 1. The van der Waals surface area contributed by atoms with Gasteiger partial charge in [-0.1, -0.05) is 36.4 Å². The number of benzene rings is 2. The van der Waals surface area contributed by atoms with Gasteiger partial charge >= 0.3 is 5.97 Å². The molecular formula is C17H15N5O3. The fourth-order valence-electron chi connectivity index (χ4n) is 2.33. The highest BCUT2D eigenvalue weighted by Gasteiger charge is 2.24. The quantitative estimate of drug-likeness (QED) is 0.705. The normalized spacial score (nSPS) is 11.6. The predicted octanol–water partition coefficient (Wildman–Crippen LogP) is 1.31. The zero-order chi connectivity index (χ0) is 17.6. The summed E-state index contributed by atoms with van der Waals surface area (Å²) in [5.74, 6) is -0.953. The van der Waals surface area contributed by atoms with E-state index in [1.807, 2.05) is 6.07 Å². The molecule has 0 radical (unpaired) electrons. The van der Waals surface area contributed by atoms with E-state index in [1.54, 1.807) is 48.5 Å². The van der Waals surface area contributed by atoms with Gasteiger partial charge in [-0.05, 0) is 34.2 Å². The summed E-state index contributed by atoms with van der Waals surface area (Å²) in [7, 11) is 1.28. The Morgan fingerprint density at radius 2 is 1.92 bits per heavy atom. The SMILES string of the molecule is COC(=O)[C@H](NC(=O)c1cccc(-n2cnnn2)c1)c1ccccc1. The molecule has 0 spiro atoms. The molecule has 0 unspecified atom stereocenters. The minimum atomic E-state index is -0.893. The minimum absolute atomic E-state index is 0.373. The lowest BCUT2D eigenvalue weighted by atomic mass is 10.1. The van der Waals surface area contributed by atoms with Crippen LogP contribution >= 0.6 is 0 Å². The number of rotatable bonds is 5. The van der Waals surface area contributed by atoms with Crippen molar-refractivity contribution in [2.75, 3.05) is 7.11 Å². The van der Waals surface area contributed by atoms with Crippen LogP contribution < -0.4 is 5.32 Å². The molecule has 0 bridgehead atoms. The first-order valence-corrected chi connectivity index (χ1v) is 7.46. The number of nitrogens with one attached hydrogen (secondary N) is 1. The largest absolute Gasteiger partial charge is 0.467 e. The number of carbonyl (C=O) groups is 2. The van der Waals surface area contributed by atoms with Gasteiger partial charge in [-0.2, -0.15) is 0 Å². The van der Waals surface area contributed by atoms with E-state index in [9.17, 15) is 9.59 Å². The maximum atomic E-state index is 12.6. The van der Waals surface area contributed by atoms with Crippen LogP contribution in [-0.2, 0) is 9.53 Å². The maximum Gasteiger partial charge on any atom is 0.333 e. The standard InChI is InChI=1S/C17H15N5O3/c1-25-17(24)15(12-6-3-2-4-7-12)19-16(23)13-8-5-9-14(10-13)22-11-18-20-21-22/h2-11,15H,1H3,(H,19,23)/t15-/m1/s1. The first-order valence-electron chi connectivity index (χ1n) is 7.46. The van der Waals surface area contributed by atoms with Crippen molar-refractivity contribution in [3.05, 3.63) is 72.1 Å². The summed E-state index contributed by atoms with van der Waals surface area (Å²) in [6.45, 7) is 0. The van der Waals surface area contributed by atoms with Crippen LogP contribution in [0.1, 0.15) is 22.0 Å². The fourth-order valence-corrected chi connectivity index (χ4v) is 2.33. The van der Waals surface area contributed by atoms with Crippen LogP contribution in [-0.4, -0.2) is 39.2 Å². The van der Waals surface area contributed by atoms with Crippen LogP contribution in [0.5, 0.6) is 0 Å². The number of hydrogen-bond acceptors (Lipinski definition) is 6. The van der Waals surface area contributed by atoms with Crippen molar-refractivity contribution >= 4 is 11.9 Å². The smallest absolute Gasteiger partial charge is 0.333 e. The van der Waals surface area contributed by atoms with E-state index in [0.717, 1.165) is 0 Å². The molecule has 3 rings (SSSR count). The van der Waals surface area contributed by atoms with Gasteiger partial charge in [0.1, 0.15) is 6.33 Å². The van der Waals surface area contributed by atoms with E-state index in [1.165, 1.54) is 18.1 Å². The van der Waals surface area contributed by atoms with Crippen LogP contribution in [0.4, 0.5) is 0 Å². The average molecular weight is 337 g/mol. The number of aromatic nitrogens is 4. The second-order valence-electron chi connectivity index (χ2n) is 5.15. The van der Waals surface area contributed by atoms with Crippen molar-refractivity contribution in [3.8, 4) is 5.69 Å². The number of hydrogen-bond donors (Lipinski definition) is 1. The Bertz CT molecular complexity index is 865. The van der Waals surface area contributed by atoms with Gasteiger partial charge in [-0.15, -0.1) is 5.10 Å². The molecule has 1 heterocycles. The summed E-state index contributed by atoms with van der Waals surface area (Å²) in [5.41, 5.74) is 1.64. The number of tetrazole rings is 1. The Morgan fingerprint density at radius 1 is 1.12 bits per heavy atom. The third kappa shape index (κ3) is 3.69. The van der Waals surface area contributed by atoms with E-state index in [0.29, 0.717) is 16.8 Å². The van der Waals surface area contributed by atoms with Crippen molar-refractivity contribution in [2.24, 2.45) is 0 Å². The Labute approximate surface area is 143 Å².